The number of anilines is 1. The Morgan fingerprint density at radius 2 is 1.96 bits per heavy atom. The van der Waals surface area contributed by atoms with E-state index in [0.29, 0.717) is 17.5 Å². The summed E-state index contributed by atoms with van der Waals surface area (Å²) >= 11 is 1.23. The Morgan fingerprint density at radius 1 is 1.21 bits per heavy atom. The van der Waals surface area contributed by atoms with Gasteiger partial charge in [-0.1, -0.05) is 18.7 Å². The van der Waals surface area contributed by atoms with E-state index in [1.807, 2.05) is 23.6 Å². The van der Waals surface area contributed by atoms with Crippen molar-refractivity contribution in [2.75, 3.05) is 5.32 Å². The molecule has 3 rings (SSSR count). The Kier molecular flexibility index (Phi) is 6.35. The molecule has 1 N–H and O–H groups in total. The van der Waals surface area contributed by atoms with Gasteiger partial charge in [-0.3, -0.25) is 9.78 Å². The van der Waals surface area contributed by atoms with Crippen molar-refractivity contribution in [3.05, 3.63) is 54.4 Å². The van der Waals surface area contributed by atoms with Crippen LogP contribution in [-0.2, 0) is 11.3 Å². The number of hydrogen-bond donors (Lipinski definition) is 1. The first-order valence-electron chi connectivity index (χ1n) is 8.75. The second kappa shape index (κ2) is 8.92. The Bertz CT molecular complexity index is 964. The highest BCUT2D eigenvalue weighted by molar-refractivity contribution is 8.00. The first-order chi connectivity index (χ1) is 13.5. The lowest BCUT2D eigenvalue weighted by atomic mass is 10.2. The van der Waals surface area contributed by atoms with Crippen molar-refractivity contribution in [3.63, 3.8) is 0 Å². The third-order valence-corrected chi connectivity index (χ3v) is 5.02. The van der Waals surface area contributed by atoms with Crippen LogP contribution in [0, 0.1) is 11.6 Å². The normalized spacial score (nSPS) is 12.0. The van der Waals surface area contributed by atoms with Crippen molar-refractivity contribution in [1.82, 2.24) is 19.7 Å². The van der Waals surface area contributed by atoms with Crippen molar-refractivity contribution in [1.29, 1.82) is 0 Å². The third kappa shape index (κ3) is 4.53. The molecule has 0 fully saturated rings. The van der Waals surface area contributed by atoms with Crippen molar-refractivity contribution in [3.8, 4) is 11.4 Å². The fraction of sp³-hybridized carbons (Fsp3) is 0.263. The molecule has 1 aromatic carbocycles. The number of nitrogens with one attached hydrogen (secondary N) is 1. The zero-order valence-corrected chi connectivity index (χ0v) is 16.2. The number of pyridine rings is 1. The highest BCUT2D eigenvalue weighted by Gasteiger charge is 2.21. The summed E-state index contributed by atoms with van der Waals surface area (Å²) in [4.78, 5) is 16.4. The maximum atomic E-state index is 13.8. The van der Waals surface area contributed by atoms with Crippen molar-refractivity contribution < 1.29 is 13.6 Å². The molecular weight excluding hydrogens is 384 g/mol. The van der Waals surface area contributed by atoms with Crippen molar-refractivity contribution in [2.24, 2.45) is 0 Å². The van der Waals surface area contributed by atoms with E-state index < -0.39 is 22.8 Å². The van der Waals surface area contributed by atoms with Gasteiger partial charge in [-0.2, -0.15) is 0 Å². The molecule has 0 unspecified atom stereocenters. The van der Waals surface area contributed by atoms with Crippen LogP contribution < -0.4 is 5.32 Å². The van der Waals surface area contributed by atoms with Crippen LogP contribution in [0.2, 0.25) is 0 Å². The van der Waals surface area contributed by atoms with Gasteiger partial charge < -0.3 is 9.88 Å². The average molecular weight is 403 g/mol. The Morgan fingerprint density at radius 3 is 2.64 bits per heavy atom. The highest BCUT2D eigenvalue weighted by Crippen LogP contribution is 2.28. The molecule has 1 amide bonds. The summed E-state index contributed by atoms with van der Waals surface area (Å²) in [6, 6.07) is 6.71. The smallest absolute Gasteiger partial charge is 0.237 e. The summed E-state index contributed by atoms with van der Waals surface area (Å²) in [7, 11) is 0. The molecule has 9 heteroatoms. The summed E-state index contributed by atoms with van der Waals surface area (Å²) < 4.78 is 28.7. The molecule has 28 heavy (non-hydrogen) atoms. The van der Waals surface area contributed by atoms with E-state index >= 15 is 0 Å². The molecule has 0 radical (unpaired) electrons. The van der Waals surface area contributed by atoms with Crippen LogP contribution in [-0.4, -0.2) is 30.9 Å². The van der Waals surface area contributed by atoms with E-state index in [2.05, 4.69) is 20.5 Å². The minimum atomic E-state index is -0.820. The predicted molar refractivity (Wildman–Crippen MR) is 104 cm³/mol. The Hall–Kier alpha value is -2.81. The van der Waals surface area contributed by atoms with Crippen LogP contribution in [0.3, 0.4) is 0 Å². The van der Waals surface area contributed by atoms with Gasteiger partial charge in [-0.25, -0.2) is 8.78 Å². The summed E-state index contributed by atoms with van der Waals surface area (Å²) in [6.45, 7) is 4.42. The van der Waals surface area contributed by atoms with E-state index in [-0.39, 0.29) is 5.69 Å². The number of benzene rings is 1. The van der Waals surface area contributed by atoms with Gasteiger partial charge >= 0.3 is 0 Å². The van der Waals surface area contributed by atoms with Crippen molar-refractivity contribution in [2.45, 2.75) is 37.2 Å². The standard InChI is InChI=1S/C19H19F2N5OS/c1-3-10-26-17(13-6-8-22-9-7-13)24-25-19(26)28-12(2)18(27)23-16-5-4-14(20)11-15(16)21/h4-9,11-12H,3,10H2,1-2H3,(H,23,27)/t12-/m0/s1. The number of halogens is 2. The molecular formula is C19H19F2N5OS. The molecule has 6 nitrogen and oxygen atoms in total. The minimum Gasteiger partial charge on any atom is -0.323 e. The fourth-order valence-electron chi connectivity index (χ4n) is 2.55. The second-order valence-corrected chi connectivity index (χ2v) is 7.38. The number of thioether (sulfide) groups is 1. The van der Waals surface area contributed by atoms with E-state index in [1.165, 1.54) is 17.8 Å². The van der Waals surface area contributed by atoms with Crippen LogP contribution >= 0.6 is 11.8 Å². The molecule has 2 heterocycles. The SMILES string of the molecule is CCCn1c(S[C@@H](C)C(=O)Nc2ccc(F)cc2F)nnc1-c1ccncc1. The van der Waals surface area contributed by atoms with E-state index in [0.717, 1.165) is 24.1 Å². The number of aromatic nitrogens is 4. The molecule has 1 atom stereocenters. The maximum absolute atomic E-state index is 13.8. The fourth-order valence-corrected chi connectivity index (χ4v) is 3.43. The zero-order chi connectivity index (χ0) is 20.1. The van der Waals surface area contributed by atoms with Gasteiger partial charge in [-0.05, 0) is 37.6 Å². The van der Waals surface area contributed by atoms with Gasteiger partial charge in [-0.15, -0.1) is 10.2 Å². The number of amides is 1. The van der Waals surface area contributed by atoms with Crippen LogP contribution in [0.4, 0.5) is 14.5 Å². The minimum absolute atomic E-state index is 0.0636. The molecule has 146 valence electrons. The molecule has 3 aromatic rings. The molecule has 0 aliphatic heterocycles. The zero-order valence-electron chi connectivity index (χ0n) is 15.4. The van der Waals surface area contributed by atoms with Crippen LogP contribution in [0.15, 0.2) is 47.9 Å². The van der Waals surface area contributed by atoms with Gasteiger partial charge in [0.05, 0.1) is 10.9 Å². The first-order valence-corrected chi connectivity index (χ1v) is 9.63. The summed E-state index contributed by atoms with van der Waals surface area (Å²) in [5, 5.41) is 11.0. The first kappa shape index (κ1) is 19.9. The lowest BCUT2D eigenvalue weighted by molar-refractivity contribution is -0.115. The van der Waals surface area contributed by atoms with Gasteiger partial charge in [0.1, 0.15) is 11.6 Å². The van der Waals surface area contributed by atoms with Crippen LogP contribution in [0.1, 0.15) is 20.3 Å². The number of carbonyl (C=O) groups is 1. The number of hydrogen-bond acceptors (Lipinski definition) is 5. The summed E-state index contributed by atoms with van der Waals surface area (Å²) in [6.07, 6.45) is 4.23. The van der Waals surface area contributed by atoms with Gasteiger partial charge in [0, 0.05) is 30.6 Å². The average Bonchev–Trinajstić information content (AvgIpc) is 3.07. The van der Waals surface area contributed by atoms with E-state index in [4.69, 9.17) is 0 Å². The number of rotatable bonds is 7. The molecule has 0 aliphatic carbocycles. The van der Waals surface area contributed by atoms with Gasteiger partial charge in [0.25, 0.3) is 0 Å². The van der Waals surface area contributed by atoms with Crippen molar-refractivity contribution >= 4 is 23.4 Å². The van der Waals surface area contributed by atoms with Crippen LogP contribution in [0.5, 0.6) is 0 Å². The molecule has 0 saturated carbocycles. The van der Waals surface area contributed by atoms with Crippen LogP contribution in [0.25, 0.3) is 11.4 Å². The molecule has 0 bridgehead atoms. The number of nitrogens with zero attached hydrogens (tertiary/aromatic N) is 4. The molecule has 0 spiro atoms. The Balaban J connectivity index is 1.77. The molecule has 2 aromatic heterocycles. The topological polar surface area (TPSA) is 72.7 Å². The lowest BCUT2D eigenvalue weighted by Crippen LogP contribution is -2.23. The van der Waals surface area contributed by atoms with Gasteiger partial charge in [0.2, 0.25) is 5.91 Å². The monoisotopic (exact) mass is 403 g/mol. The maximum Gasteiger partial charge on any atom is 0.237 e. The van der Waals surface area contributed by atoms with Gasteiger partial charge in [0.15, 0.2) is 11.0 Å². The Labute approximate surface area is 165 Å². The highest BCUT2D eigenvalue weighted by atomic mass is 32.2. The summed E-state index contributed by atoms with van der Waals surface area (Å²) in [5.41, 5.74) is 0.819. The largest absolute Gasteiger partial charge is 0.323 e. The second-order valence-electron chi connectivity index (χ2n) is 6.07. The predicted octanol–water partition coefficient (Wildman–Crippen LogP) is 4.15. The van der Waals surface area contributed by atoms with E-state index in [1.54, 1.807) is 19.3 Å². The quantitative estimate of drug-likeness (QED) is 0.600. The molecule has 0 saturated heterocycles. The lowest BCUT2D eigenvalue weighted by Gasteiger charge is -2.13. The number of carbonyl (C=O) groups excluding carboxylic acids is 1. The summed E-state index contributed by atoms with van der Waals surface area (Å²) in [5.74, 6) is -1.23. The molecule has 0 aliphatic rings. The third-order valence-electron chi connectivity index (χ3n) is 3.94. The van der Waals surface area contributed by atoms with E-state index in [9.17, 15) is 13.6 Å².